The van der Waals surface area contributed by atoms with E-state index in [9.17, 15) is 0 Å². The van der Waals surface area contributed by atoms with E-state index in [1.807, 2.05) is 28.9 Å². The molecule has 0 spiro atoms. The van der Waals surface area contributed by atoms with E-state index in [-0.39, 0.29) is 0 Å². The molecule has 2 aromatic rings. The molecular formula is C18H22ClN3OS. The molecule has 1 saturated heterocycles. The third-order valence-electron chi connectivity index (χ3n) is 5.38. The SMILES string of the molecule is S=c1oc(-c2ccccc2Cl)nn1CN1CCCC2CCCCC21. The molecule has 6 heteroatoms. The van der Waals surface area contributed by atoms with Crippen LogP contribution in [0.3, 0.4) is 0 Å². The van der Waals surface area contributed by atoms with E-state index < -0.39 is 0 Å². The summed E-state index contributed by atoms with van der Waals surface area (Å²) in [6.07, 6.45) is 8.03. The van der Waals surface area contributed by atoms with Crippen LogP contribution in [0.4, 0.5) is 0 Å². The van der Waals surface area contributed by atoms with Crippen molar-refractivity contribution >= 4 is 23.8 Å². The van der Waals surface area contributed by atoms with Crippen LogP contribution in [0, 0.1) is 10.8 Å². The monoisotopic (exact) mass is 363 g/mol. The van der Waals surface area contributed by atoms with E-state index in [1.165, 1.54) is 38.5 Å². The lowest BCUT2D eigenvalue weighted by Crippen LogP contribution is -2.47. The van der Waals surface area contributed by atoms with Gasteiger partial charge >= 0.3 is 0 Å². The van der Waals surface area contributed by atoms with Crippen molar-refractivity contribution in [2.24, 2.45) is 5.92 Å². The van der Waals surface area contributed by atoms with Crippen molar-refractivity contribution in [1.82, 2.24) is 14.7 Å². The zero-order valence-corrected chi connectivity index (χ0v) is 15.2. The number of likely N-dealkylation sites (tertiary alicyclic amines) is 1. The topological polar surface area (TPSA) is 34.2 Å². The predicted molar refractivity (Wildman–Crippen MR) is 97.5 cm³/mol. The Morgan fingerprint density at radius 3 is 2.83 bits per heavy atom. The first-order valence-electron chi connectivity index (χ1n) is 8.79. The Morgan fingerprint density at radius 1 is 1.17 bits per heavy atom. The van der Waals surface area contributed by atoms with Crippen LogP contribution in [0.1, 0.15) is 38.5 Å². The van der Waals surface area contributed by atoms with Crippen LogP contribution in [0.2, 0.25) is 5.02 Å². The number of piperidine rings is 1. The van der Waals surface area contributed by atoms with Crippen LogP contribution in [-0.4, -0.2) is 27.3 Å². The maximum absolute atomic E-state index is 6.25. The highest BCUT2D eigenvalue weighted by atomic mass is 35.5. The second-order valence-electron chi connectivity index (χ2n) is 6.86. The summed E-state index contributed by atoms with van der Waals surface area (Å²) in [6.45, 7) is 1.84. The van der Waals surface area contributed by atoms with Gasteiger partial charge in [-0.05, 0) is 56.0 Å². The van der Waals surface area contributed by atoms with Crippen molar-refractivity contribution in [3.8, 4) is 11.5 Å². The van der Waals surface area contributed by atoms with Gasteiger partial charge in [0.15, 0.2) is 0 Å². The van der Waals surface area contributed by atoms with E-state index in [0.29, 0.717) is 28.5 Å². The van der Waals surface area contributed by atoms with Crippen LogP contribution in [0.25, 0.3) is 11.5 Å². The lowest BCUT2D eigenvalue weighted by Gasteiger charge is -2.43. The average Bonchev–Trinajstić information content (AvgIpc) is 2.96. The van der Waals surface area contributed by atoms with Crippen molar-refractivity contribution in [1.29, 1.82) is 0 Å². The van der Waals surface area contributed by atoms with Crippen LogP contribution in [0.15, 0.2) is 28.7 Å². The van der Waals surface area contributed by atoms with Crippen molar-refractivity contribution in [3.63, 3.8) is 0 Å². The van der Waals surface area contributed by atoms with Gasteiger partial charge in [-0.1, -0.05) is 36.6 Å². The molecule has 4 nitrogen and oxygen atoms in total. The molecule has 24 heavy (non-hydrogen) atoms. The van der Waals surface area contributed by atoms with Gasteiger partial charge < -0.3 is 4.42 Å². The van der Waals surface area contributed by atoms with Crippen molar-refractivity contribution in [3.05, 3.63) is 34.1 Å². The Labute approximate surface area is 152 Å². The molecule has 4 rings (SSSR count). The standard InChI is InChI=1S/C18H22ClN3OS/c19-15-9-3-2-8-14(15)17-20-22(18(24)23-17)12-21-11-5-7-13-6-1-4-10-16(13)21/h2-3,8-9,13,16H,1,4-7,10-12H2. The zero-order chi connectivity index (χ0) is 16.5. The van der Waals surface area contributed by atoms with E-state index in [2.05, 4.69) is 10.00 Å². The fourth-order valence-corrected chi connectivity index (χ4v) is 4.61. The molecule has 1 aliphatic carbocycles. The summed E-state index contributed by atoms with van der Waals surface area (Å²) in [4.78, 5) is 2.96. The van der Waals surface area contributed by atoms with E-state index in [4.69, 9.17) is 28.2 Å². The maximum atomic E-state index is 6.25. The molecule has 128 valence electrons. The average molecular weight is 364 g/mol. The number of nitrogens with zero attached hydrogens (tertiary/aromatic N) is 3. The minimum atomic E-state index is 0.419. The molecule has 0 N–H and O–H groups in total. The van der Waals surface area contributed by atoms with Gasteiger partial charge in [-0.2, -0.15) is 0 Å². The fourth-order valence-electron chi connectivity index (χ4n) is 4.21. The molecule has 2 aliphatic rings. The minimum absolute atomic E-state index is 0.419. The first-order chi connectivity index (χ1) is 11.7. The van der Waals surface area contributed by atoms with Crippen molar-refractivity contribution < 1.29 is 4.42 Å². The summed E-state index contributed by atoms with van der Waals surface area (Å²) >= 11 is 11.6. The van der Waals surface area contributed by atoms with Gasteiger partial charge in [-0.15, -0.1) is 5.10 Å². The number of benzene rings is 1. The first kappa shape index (κ1) is 16.3. The zero-order valence-electron chi connectivity index (χ0n) is 13.7. The van der Waals surface area contributed by atoms with E-state index >= 15 is 0 Å². The molecule has 1 saturated carbocycles. The smallest absolute Gasteiger partial charge is 0.288 e. The summed E-state index contributed by atoms with van der Waals surface area (Å²) in [7, 11) is 0. The summed E-state index contributed by atoms with van der Waals surface area (Å²) < 4.78 is 7.53. The summed E-state index contributed by atoms with van der Waals surface area (Å²) in [6, 6.07) is 8.25. The van der Waals surface area contributed by atoms with Crippen LogP contribution in [0.5, 0.6) is 0 Å². The summed E-state index contributed by atoms with van der Waals surface area (Å²) in [5.41, 5.74) is 0.790. The molecule has 0 radical (unpaired) electrons. The number of aromatic nitrogens is 2. The van der Waals surface area contributed by atoms with Gasteiger partial charge in [0.2, 0.25) is 5.89 Å². The van der Waals surface area contributed by atoms with Crippen LogP contribution >= 0.6 is 23.8 Å². The van der Waals surface area contributed by atoms with Crippen molar-refractivity contribution in [2.75, 3.05) is 6.54 Å². The quantitative estimate of drug-likeness (QED) is 0.707. The molecule has 2 heterocycles. The highest BCUT2D eigenvalue weighted by Crippen LogP contribution is 2.35. The Balaban J connectivity index is 1.57. The van der Waals surface area contributed by atoms with Crippen LogP contribution in [-0.2, 0) is 6.67 Å². The summed E-state index contributed by atoms with van der Waals surface area (Å²) in [5, 5.41) is 5.22. The lowest BCUT2D eigenvalue weighted by molar-refractivity contribution is 0.0318. The molecular weight excluding hydrogens is 342 g/mol. The number of rotatable bonds is 3. The van der Waals surface area contributed by atoms with E-state index in [1.54, 1.807) is 0 Å². The molecule has 0 amide bonds. The third-order valence-corrected chi connectivity index (χ3v) is 6.01. The molecule has 2 atom stereocenters. The third kappa shape index (κ3) is 3.17. The van der Waals surface area contributed by atoms with E-state index in [0.717, 1.165) is 18.0 Å². The maximum Gasteiger partial charge on any atom is 0.288 e. The Kier molecular flexibility index (Phi) is 4.74. The van der Waals surface area contributed by atoms with Crippen LogP contribution < -0.4 is 0 Å². The number of hydrogen-bond donors (Lipinski definition) is 0. The molecule has 1 aliphatic heterocycles. The fraction of sp³-hybridized carbons (Fsp3) is 0.556. The summed E-state index contributed by atoms with van der Waals surface area (Å²) in [5.74, 6) is 1.35. The minimum Gasteiger partial charge on any atom is -0.409 e. The Hall–Kier alpha value is -1.17. The van der Waals surface area contributed by atoms with Gasteiger partial charge in [0.25, 0.3) is 4.84 Å². The predicted octanol–water partition coefficient (Wildman–Crippen LogP) is 5.14. The Bertz CT molecular complexity index is 770. The highest BCUT2D eigenvalue weighted by Gasteiger charge is 2.33. The number of halogens is 1. The highest BCUT2D eigenvalue weighted by molar-refractivity contribution is 7.71. The molecule has 1 aromatic heterocycles. The lowest BCUT2D eigenvalue weighted by atomic mass is 9.78. The number of hydrogen-bond acceptors (Lipinski definition) is 4. The van der Waals surface area contributed by atoms with Gasteiger partial charge in [-0.3, -0.25) is 4.90 Å². The largest absolute Gasteiger partial charge is 0.409 e. The Morgan fingerprint density at radius 2 is 1.96 bits per heavy atom. The van der Waals surface area contributed by atoms with Gasteiger partial charge in [0.05, 0.1) is 17.3 Å². The molecule has 0 bridgehead atoms. The second kappa shape index (κ2) is 6.98. The molecule has 2 unspecified atom stereocenters. The molecule has 2 fully saturated rings. The van der Waals surface area contributed by atoms with Gasteiger partial charge in [-0.25, -0.2) is 4.68 Å². The molecule has 1 aromatic carbocycles. The first-order valence-corrected chi connectivity index (χ1v) is 9.58. The number of fused-ring (bicyclic) bond motifs is 1. The van der Waals surface area contributed by atoms with Gasteiger partial charge in [0, 0.05) is 12.6 Å². The normalized spacial score (nSPS) is 24.7. The second-order valence-corrected chi connectivity index (χ2v) is 7.62. The van der Waals surface area contributed by atoms with Crippen molar-refractivity contribution in [2.45, 2.75) is 51.2 Å². The van der Waals surface area contributed by atoms with Gasteiger partial charge in [0.1, 0.15) is 0 Å².